The molecule has 0 radical (unpaired) electrons. The molecule has 17 heteroatoms. The van der Waals surface area contributed by atoms with Crippen molar-refractivity contribution in [3.8, 4) is 12.1 Å². The molecule has 0 spiro atoms. The molecule has 0 aromatic heterocycles. The molecule has 0 amide bonds. The molecule has 58 heavy (non-hydrogen) atoms. The molecule has 0 aromatic rings. The number of hydrogen-bond donors (Lipinski definition) is 2. The Morgan fingerprint density at radius 1 is 0.534 bits per heavy atom. The molecule has 16 nitrogen and oxygen atoms in total. The first-order valence-corrected chi connectivity index (χ1v) is 22.5. The lowest BCUT2D eigenvalue weighted by atomic mass is 9.96. The number of nitriles is 2. The third kappa shape index (κ3) is 17.2. The van der Waals surface area contributed by atoms with E-state index in [0.29, 0.717) is 37.4 Å². The molecule has 4 fully saturated rings. The Hall–Kier alpha value is -1.31. The molecule has 4 rings (SSSR count). The fourth-order valence-corrected chi connectivity index (χ4v) is 8.87. The fourth-order valence-electron chi connectivity index (χ4n) is 7.65. The summed E-state index contributed by atoms with van der Waals surface area (Å²) in [5, 5.41) is 35.7. The van der Waals surface area contributed by atoms with Crippen LogP contribution in [-0.2, 0) is 56.2 Å². The van der Waals surface area contributed by atoms with Gasteiger partial charge >= 0.3 is 7.60 Å². The quantitative estimate of drug-likeness (QED) is 0.170. The number of nitrogens with zero attached hydrogens (tertiary/aromatic N) is 2. The van der Waals surface area contributed by atoms with Crippen LogP contribution in [-0.4, -0.2) is 139 Å². The van der Waals surface area contributed by atoms with Crippen LogP contribution in [0.5, 0.6) is 0 Å². The van der Waals surface area contributed by atoms with Gasteiger partial charge in [0.2, 0.25) is 0 Å². The van der Waals surface area contributed by atoms with Gasteiger partial charge in [-0.2, -0.15) is 10.5 Å². The van der Waals surface area contributed by atoms with Crippen molar-refractivity contribution in [3.63, 3.8) is 0 Å². The average molecular weight is 855 g/mol. The monoisotopic (exact) mass is 855 g/mol. The molecule has 0 saturated carbocycles. The second-order valence-corrected chi connectivity index (χ2v) is 16.7. The summed E-state index contributed by atoms with van der Waals surface area (Å²) in [4.78, 5) is 0. The first kappa shape index (κ1) is 56.7. The first-order valence-electron chi connectivity index (χ1n) is 20.8. The standard InChI is InChI=1S/C10H17NO2.C9H18O3.2C8H16O3.C6H12NO3P/c1-4-8-7(2)10(12-3)9(13-8)5-6-11;1-5-7-6(2)8(10-3)9(11-4)12-7;1-4-6-5(2)7(10-3)8(9)11-6;1-4-6-5(2)7(9)8(10-3)11-6;1-3-9-11(8,6-5-7)10-4-2/h7-10H,4-5H2,1-3H3;6-9H,5H2,1-4H3;2*5-9H,4H2,1-3H3;3-4,6H2,1-2H3/t7-,8-,9?,10-;6-,7-,8-,9+;5-,6-,7-,8?;5-,6-,7-,8+;/m1111./s1. The van der Waals surface area contributed by atoms with Crippen LogP contribution >= 0.6 is 7.60 Å². The van der Waals surface area contributed by atoms with Gasteiger partial charge in [-0.25, -0.2) is 0 Å². The molecule has 2 N–H and O–H groups in total. The minimum absolute atomic E-state index is 0.0325. The maximum absolute atomic E-state index is 11.3. The fraction of sp³-hybridized carbons (Fsp3) is 0.951. The van der Waals surface area contributed by atoms with Crippen LogP contribution in [0.15, 0.2) is 0 Å². The third-order valence-corrected chi connectivity index (χ3v) is 12.8. The molecule has 0 aromatic carbocycles. The van der Waals surface area contributed by atoms with Crippen LogP contribution in [0.1, 0.15) is 101 Å². The highest BCUT2D eigenvalue weighted by molar-refractivity contribution is 7.54. The van der Waals surface area contributed by atoms with E-state index in [0.717, 1.165) is 25.7 Å². The van der Waals surface area contributed by atoms with Crippen molar-refractivity contribution in [2.45, 2.75) is 175 Å². The Labute approximate surface area is 349 Å². The third-order valence-electron chi connectivity index (χ3n) is 11.0. The molecule has 2 unspecified atom stereocenters. The molecule has 0 aliphatic carbocycles. The van der Waals surface area contributed by atoms with Gasteiger partial charge in [-0.3, -0.25) is 4.57 Å². The van der Waals surface area contributed by atoms with E-state index >= 15 is 0 Å². The van der Waals surface area contributed by atoms with Gasteiger partial charge in [-0.1, -0.05) is 55.4 Å². The van der Waals surface area contributed by atoms with E-state index in [-0.39, 0.29) is 67.2 Å². The van der Waals surface area contributed by atoms with E-state index in [1.54, 1.807) is 55.5 Å². The van der Waals surface area contributed by atoms with Crippen molar-refractivity contribution in [1.82, 2.24) is 0 Å². The summed E-state index contributed by atoms with van der Waals surface area (Å²) in [6, 6.07) is 3.90. The predicted octanol–water partition coefficient (Wildman–Crippen LogP) is 6.45. The molecular formula is C41H79N2O14P. The van der Waals surface area contributed by atoms with Crippen LogP contribution in [0.3, 0.4) is 0 Å². The molecule has 4 heterocycles. The summed E-state index contributed by atoms with van der Waals surface area (Å²) in [6.45, 7) is 20.6. The van der Waals surface area contributed by atoms with Gasteiger partial charge in [0.25, 0.3) is 0 Å². The lowest BCUT2D eigenvalue weighted by Gasteiger charge is -2.17. The lowest BCUT2D eigenvalue weighted by molar-refractivity contribution is -0.155. The van der Waals surface area contributed by atoms with Crippen molar-refractivity contribution >= 4 is 7.60 Å². The van der Waals surface area contributed by atoms with E-state index in [4.69, 9.17) is 62.2 Å². The maximum atomic E-state index is 11.3. The number of rotatable bonds is 15. The Morgan fingerprint density at radius 2 is 0.948 bits per heavy atom. The van der Waals surface area contributed by atoms with Crippen molar-refractivity contribution in [1.29, 1.82) is 10.5 Å². The lowest BCUT2D eigenvalue weighted by Crippen LogP contribution is -2.29. The van der Waals surface area contributed by atoms with Gasteiger partial charge in [0.1, 0.15) is 24.5 Å². The highest BCUT2D eigenvalue weighted by atomic mass is 31.2. The Balaban J connectivity index is 0.000000701. The van der Waals surface area contributed by atoms with Crippen LogP contribution in [0.25, 0.3) is 0 Å². The van der Waals surface area contributed by atoms with Crippen molar-refractivity contribution in [3.05, 3.63) is 0 Å². The van der Waals surface area contributed by atoms with Crippen molar-refractivity contribution in [2.75, 3.05) is 54.9 Å². The first-order chi connectivity index (χ1) is 27.6. The second kappa shape index (κ2) is 30.7. The van der Waals surface area contributed by atoms with Crippen molar-refractivity contribution < 1.29 is 66.5 Å². The van der Waals surface area contributed by atoms with E-state index in [1.807, 2.05) is 27.7 Å². The van der Waals surface area contributed by atoms with Gasteiger partial charge in [0.15, 0.2) is 18.9 Å². The van der Waals surface area contributed by atoms with Crippen molar-refractivity contribution in [2.24, 2.45) is 23.7 Å². The molecule has 342 valence electrons. The molecule has 16 atom stereocenters. The Bertz CT molecular complexity index is 1160. The van der Waals surface area contributed by atoms with Crippen LogP contribution in [0.2, 0.25) is 0 Å². The highest BCUT2D eigenvalue weighted by Gasteiger charge is 2.43. The SMILES string of the molecule is CCOP(=O)(CC#N)OCC.CC[C@H]1OC(CC#N)[C@H](OC)[C@@H]1C.CC[C@H]1OC(O)[C@H](OC)[C@@H]1C.CC[C@H]1O[C@H](OC)[C@H](O)[C@@H]1C.CC[C@H]1O[C@H](OC)[C@H](OC)[C@@H]1C. The summed E-state index contributed by atoms with van der Waals surface area (Å²) in [6.07, 6.45) is 3.12. The van der Waals surface area contributed by atoms with Gasteiger partial charge in [-0.05, 0) is 39.5 Å². The van der Waals surface area contributed by atoms with E-state index in [1.165, 1.54) is 0 Å². The topological polar surface area (TPSA) is 207 Å². The summed E-state index contributed by atoms with van der Waals surface area (Å²) in [5.41, 5.74) is 0. The van der Waals surface area contributed by atoms with Gasteiger partial charge in [0.05, 0.1) is 68.4 Å². The minimum atomic E-state index is -3.08. The Kier molecular flexibility index (Phi) is 30.0. The molecule has 0 bridgehead atoms. The summed E-state index contributed by atoms with van der Waals surface area (Å²) < 4.78 is 68.9. The number of aliphatic hydroxyl groups excluding tert-OH is 2. The number of methoxy groups -OCH3 is 5. The highest BCUT2D eigenvalue weighted by Crippen LogP contribution is 2.47. The molecule has 4 aliphatic heterocycles. The minimum Gasteiger partial charge on any atom is -0.387 e. The van der Waals surface area contributed by atoms with Gasteiger partial charge in [-0.15, -0.1) is 0 Å². The average Bonchev–Trinajstić information content (AvgIpc) is 3.89. The predicted molar refractivity (Wildman–Crippen MR) is 219 cm³/mol. The number of hydrogen-bond acceptors (Lipinski definition) is 16. The number of aliphatic hydroxyl groups is 2. The summed E-state index contributed by atoms with van der Waals surface area (Å²) in [5.74, 6) is 1.29. The van der Waals surface area contributed by atoms with Gasteiger partial charge in [0, 0.05) is 59.2 Å². The zero-order valence-electron chi connectivity index (χ0n) is 38.0. The normalized spacial score (nSPS) is 36.5. The molecular weight excluding hydrogens is 775 g/mol. The van der Waals surface area contributed by atoms with E-state index < -0.39 is 26.3 Å². The van der Waals surface area contributed by atoms with Crippen LogP contribution < -0.4 is 0 Å². The molecule has 4 saturated heterocycles. The second-order valence-electron chi connectivity index (χ2n) is 14.6. The molecule has 4 aliphatic rings. The zero-order chi connectivity index (χ0) is 44.6. The summed E-state index contributed by atoms with van der Waals surface area (Å²) in [7, 11) is 5.12. The van der Waals surface area contributed by atoms with E-state index in [2.05, 4.69) is 33.8 Å². The number of ether oxygens (including phenoxy) is 9. The van der Waals surface area contributed by atoms with Crippen LogP contribution in [0.4, 0.5) is 0 Å². The Morgan fingerprint density at radius 3 is 1.28 bits per heavy atom. The van der Waals surface area contributed by atoms with E-state index in [9.17, 15) is 14.8 Å². The zero-order valence-corrected chi connectivity index (χ0v) is 38.9. The maximum Gasteiger partial charge on any atom is 0.344 e. The summed E-state index contributed by atoms with van der Waals surface area (Å²) >= 11 is 0. The van der Waals surface area contributed by atoms with Crippen LogP contribution in [0, 0.1) is 46.3 Å². The largest absolute Gasteiger partial charge is 0.387 e. The van der Waals surface area contributed by atoms with Gasteiger partial charge < -0.3 is 61.9 Å². The smallest absolute Gasteiger partial charge is 0.344 e.